The van der Waals surface area contributed by atoms with Gasteiger partial charge < -0.3 is 10.5 Å². The highest BCUT2D eigenvalue weighted by Crippen LogP contribution is 2.24. The lowest BCUT2D eigenvalue weighted by molar-refractivity contribution is -0.116. The van der Waals surface area contributed by atoms with E-state index in [-0.39, 0.29) is 23.6 Å². The molecule has 0 bridgehead atoms. The van der Waals surface area contributed by atoms with E-state index < -0.39 is 6.61 Å². The molecule has 1 aromatic carbocycles. The van der Waals surface area contributed by atoms with Gasteiger partial charge in [0.1, 0.15) is 11.5 Å². The van der Waals surface area contributed by atoms with E-state index in [4.69, 9.17) is 5.73 Å². The molecule has 3 nitrogen and oxygen atoms in total. The Morgan fingerprint density at radius 2 is 2.20 bits per heavy atom. The van der Waals surface area contributed by atoms with Crippen molar-refractivity contribution in [2.45, 2.75) is 20.0 Å². The van der Waals surface area contributed by atoms with E-state index in [1.807, 2.05) is 0 Å². The Morgan fingerprint density at radius 3 is 2.73 bits per heavy atom. The topological polar surface area (TPSA) is 52.3 Å². The lowest BCUT2D eigenvalue weighted by atomic mass is 10.1. The summed E-state index contributed by atoms with van der Waals surface area (Å²) in [5.74, 6) is -0.147. The van der Waals surface area contributed by atoms with Crippen LogP contribution in [-0.4, -0.2) is 12.4 Å². The molecule has 1 rings (SSSR count). The smallest absolute Gasteiger partial charge is 0.387 e. The van der Waals surface area contributed by atoms with Crippen molar-refractivity contribution < 1.29 is 18.3 Å². The molecule has 0 amide bonds. The van der Waals surface area contributed by atoms with Gasteiger partial charge >= 0.3 is 6.61 Å². The summed E-state index contributed by atoms with van der Waals surface area (Å²) in [7, 11) is 0. The number of halogens is 2. The number of ether oxygens (including phenoxy) is 1. The van der Waals surface area contributed by atoms with Crippen LogP contribution >= 0.6 is 0 Å². The third-order valence-electron chi connectivity index (χ3n) is 1.75. The van der Waals surface area contributed by atoms with Crippen molar-refractivity contribution in [2.75, 3.05) is 5.73 Å². The van der Waals surface area contributed by atoms with Gasteiger partial charge in [0.25, 0.3) is 0 Å². The summed E-state index contributed by atoms with van der Waals surface area (Å²) in [4.78, 5) is 10.8. The Morgan fingerprint density at radius 1 is 1.53 bits per heavy atom. The van der Waals surface area contributed by atoms with Crippen LogP contribution in [-0.2, 0) is 11.2 Å². The van der Waals surface area contributed by atoms with E-state index in [0.29, 0.717) is 5.56 Å². The highest BCUT2D eigenvalue weighted by Gasteiger charge is 2.09. The van der Waals surface area contributed by atoms with Crippen molar-refractivity contribution in [1.29, 1.82) is 0 Å². The fraction of sp³-hybridized carbons (Fsp3) is 0.300. The van der Waals surface area contributed by atoms with Gasteiger partial charge in [-0.05, 0) is 24.6 Å². The fourth-order valence-electron chi connectivity index (χ4n) is 1.17. The lowest BCUT2D eigenvalue weighted by Crippen LogP contribution is -2.05. The maximum Gasteiger partial charge on any atom is 0.387 e. The fourth-order valence-corrected chi connectivity index (χ4v) is 1.17. The van der Waals surface area contributed by atoms with Crippen molar-refractivity contribution in [1.82, 2.24) is 0 Å². The van der Waals surface area contributed by atoms with Crippen LogP contribution in [0.3, 0.4) is 0 Å². The molecular formula is C10H11F2NO2. The molecule has 0 unspecified atom stereocenters. The molecule has 0 heterocycles. The molecule has 0 radical (unpaired) electrons. The molecule has 0 fully saturated rings. The third kappa shape index (κ3) is 3.53. The van der Waals surface area contributed by atoms with Crippen LogP contribution in [0.15, 0.2) is 18.2 Å². The van der Waals surface area contributed by atoms with E-state index in [0.717, 1.165) is 0 Å². The first kappa shape index (κ1) is 11.4. The van der Waals surface area contributed by atoms with E-state index in [1.54, 1.807) is 6.07 Å². The van der Waals surface area contributed by atoms with Crippen LogP contribution in [0, 0.1) is 0 Å². The first-order chi connectivity index (χ1) is 6.99. The van der Waals surface area contributed by atoms with Crippen molar-refractivity contribution in [3.8, 4) is 5.75 Å². The van der Waals surface area contributed by atoms with E-state index in [9.17, 15) is 13.6 Å². The molecule has 0 aromatic heterocycles. The number of rotatable bonds is 4. The first-order valence-corrected chi connectivity index (χ1v) is 4.31. The monoisotopic (exact) mass is 215 g/mol. The molecule has 1 aromatic rings. The Kier molecular flexibility index (Phi) is 3.60. The molecular weight excluding hydrogens is 204 g/mol. The quantitative estimate of drug-likeness (QED) is 0.781. The highest BCUT2D eigenvalue weighted by molar-refractivity contribution is 5.78. The predicted molar refractivity (Wildman–Crippen MR) is 51.9 cm³/mol. The van der Waals surface area contributed by atoms with E-state index in [1.165, 1.54) is 19.1 Å². The average molecular weight is 215 g/mol. The van der Waals surface area contributed by atoms with Gasteiger partial charge in [0.2, 0.25) is 0 Å². The van der Waals surface area contributed by atoms with E-state index in [2.05, 4.69) is 4.74 Å². The largest absolute Gasteiger partial charge is 0.433 e. The first-order valence-electron chi connectivity index (χ1n) is 4.31. The van der Waals surface area contributed by atoms with Gasteiger partial charge in [0, 0.05) is 6.42 Å². The zero-order chi connectivity index (χ0) is 11.4. The molecule has 0 aliphatic heterocycles. The molecule has 0 aliphatic carbocycles. The predicted octanol–water partition coefficient (Wildman–Crippen LogP) is 2.00. The van der Waals surface area contributed by atoms with Crippen molar-refractivity contribution in [2.24, 2.45) is 0 Å². The lowest BCUT2D eigenvalue weighted by Gasteiger charge is -2.08. The van der Waals surface area contributed by atoms with Gasteiger partial charge in [-0.25, -0.2) is 0 Å². The highest BCUT2D eigenvalue weighted by atomic mass is 19.3. The normalized spacial score (nSPS) is 10.4. The van der Waals surface area contributed by atoms with Crippen molar-refractivity contribution in [3.05, 3.63) is 23.8 Å². The number of carbonyl (C=O) groups is 1. The van der Waals surface area contributed by atoms with Gasteiger partial charge in [0.15, 0.2) is 0 Å². The molecule has 15 heavy (non-hydrogen) atoms. The second-order valence-electron chi connectivity index (χ2n) is 3.13. The minimum absolute atomic E-state index is 0.0530. The number of alkyl halides is 2. The van der Waals surface area contributed by atoms with Crippen LogP contribution in [0.2, 0.25) is 0 Å². The Balaban J connectivity index is 2.89. The number of nitrogen functional groups attached to an aromatic ring is 1. The Labute approximate surface area is 85.8 Å². The number of hydrogen-bond acceptors (Lipinski definition) is 3. The molecule has 5 heteroatoms. The second kappa shape index (κ2) is 4.72. The summed E-state index contributed by atoms with van der Waals surface area (Å²) < 4.78 is 28.1. The minimum atomic E-state index is -2.92. The summed E-state index contributed by atoms with van der Waals surface area (Å²) >= 11 is 0. The molecule has 0 saturated heterocycles. The zero-order valence-corrected chi connectivity index (χ0v) is 8.17. The van der Waals surface area contributed by atoms with Crippen LogP contribution < -0.4 is 10.5 Å². The SMILES string of the molecule is CC(=O)Cc1ccc(N)c(OC(F)F)c1. The van der Waals surface area contributed by atoms with Gasteiger partial charge in [-0.3, -0.25) is 4.79 Å². The minimum Gasteiger partial charge on any atom is -0.433 e. The van der Waals surface area contributed by atoms with Crippen LogP contribution in [0.1, 0.15) is 12.5 Å². The maximum absolute atomic E-state index is 12.0. The average Bonchev–Trinajstić information content (AvgIpc) is 2.09. The van der Waals surface area contributed by atoms with Gasteiger partial charge in [-0.1, -0.05) is 6.07 Å². The van der Waals surface area contributed by atoms with Gasteiger partial charge in [0.05, 0.1) is 5.69 Å². The number of nitrogens with two attached hydrogens (primary N) is 1. The van der Waals surface area contributed by atoms with Crippen molar-refractivity contribution in [3.63, 3.8) is 0 Å². The van der Waals surface area contributed by atoms with Crippen LogP contribution in [0.25, 0.3) is 0 Å². The number of anilines is 1. The summed E-state index contributed by atoms with van der Waals surface area (Å²) in [5.41, 5.74) is 6.16. The summed E-state index contributed by atoms with van der Waals surface area (Å²) in [6, 6.07) is 4.40. The molecule has 0 spiro atoms. The van der Waals surface area contributed by atoms with Gasteiger partial charge in [-0.15, -0.1) is 0 Å². The molecule has 2 N–H and O–H groups in total. The summed E-state index contributed by atoms with van der Waals surface area (Å²) in [5, 5.41) is 0. The second-order valence-corrected chi connectivity index (χ2v) is 3.13. The van der Waals surface area contributed by atoms with Crippen LogP contribution in [0.5, 0.6) is 5.75 Å². The molecule has 0 saturated carbocycles. The van der Waals surface area contributed by atoms with Crippen LogP contribution in [0.4, 0.5) is 14.5 Å². The number of ketones is 1. The Bertz CT molecular complexity index is 366. The summed E-state index contributed by atoms with van der Waals surface area (Å²) in [6.45, 7) is -1.50. The maximum atomic E-state index is 12.0. The Hall–Kier alpha value is -1.65. The number of benzene rings is 1. The third-order valence-corrected chi connectivity index (χ3v) is 1.75. The zero-order valence-electron chi connectivity index (χ0n) is 8.17. The molecule has 0 aliphatic rings. The number of carbonyl (C=O) groups excluding carboxylic acids is 1. The van der Waals surface area contributed by atoms with Crippen molar-refractivity contribution >= 4 is 11.5 Å². The van der Waals surface area contributed by atoms with Gasteiger partial charge in [-0.2, -0.15) is 8.78 Å². The van der Waals surface area contributed by atoms with E-state index >= 15 is 0 Å². The molecule has 0 atom stereocenters. The standard InChI is InChI=1S/C10H11F2NO2/c1-6(14)4-7-2-3-8(13)9(5-7)15-10(11)12/h2-3,5,10H,4,13H2,1H3. The number of hydrogen-bond donors (Lipinski definition) is 1. The summed E-state index contributed by atoms with van der Waals surface area (Å²) in [6.07, 6.45) is 0.180. The molecule has 82 valence electrons. The number of Topliss-reactive ketones (excluding diaryl/α,β-unsaturated/α-hetero) is 1.